The van der Waals surface area contributed by atoms with Crippen LogP contribution in [0.2, 0.25) is 0 Å². The van der Waals surface area contributed by atoms with Gasteiger partial charge in [-0.05, 0) is 0 Å². The van der Waals surface area contributed by atoms with Gasteiger partial charge >= 0.3 is 10.9 Å². The van der Waals surface area contributed by atoms with Crippen molar-refractivity contribution in [2.45, 2.75) is 5.51 Å². The molecule has 0 unspecified atom stereocenters. The Hall–Kier alpha value is -0.260. The Balaban J connectivity index is 3.55. The summed E-state index contributed by atoms with van der Waals surface area (Å²) in [5, 5.41) is -2.43. The molecular formula is C2F4OS. The van der Waals surface area contributed by atoms with E-state index < -0.39 is 22.6 Å². The van der Waals surface area contributed by atoms with Crippen LogP contribution in [0, 0.1) is 0 Å². The Morgan fingerprint density at radius 2 is 1.75 bits per heavy atom. The van der Waals surface area contributed by atoms with Gasteiger partial charge in [0.1, 0.15) is 0 Å². The van der Waals surface area contributed by atoms with Gasteiger partial charge in [0.25, 0.3) is 0 Å². The van der Waals surface area contributed by atoms with E-state index in [1.54, 1.807) is 0 Å². The van der Waals surface area contributed by atoms with Crippen LogP contribution in [0.25, 0.3) is 0 Å². The van der Waals surface area contributed by atoms with E-state index in [4.69, 9.17) is 4.79 Å². The molecule has 0 rings (SSSR count). The largest absolute Gasteiger partial charge is 0.451 e. The lowest BCUT2D eigenvalue weighted by atomic mass is 11.5. The number of carbonyl (C=O) groups excluding carboxylic acids is 1. The van der Waals surface area contributed by atoms with Crippen molar-refractivity contribution in [1.29, 1.82) is 0 Å². The molecule has 0 spiro atoms. The van der Waals surface area contributed by atoms with Crippen molar-refractivity contribution in [3.63, 3.8) is 0 Å². The van der Waals surface area contributed by atoms with E-state index in [-0.39, 0.29) is 0 Å². The number of alkyl halides is 3. The summed E-state index contributed by atoms with van der Waals surface area (Å²) in [5.41, 5.74) is -4.79. The third-order valence-corrected chi connectivity index (χ3v) is 0.588. The van der Waals surface area contributed by atoms with Crippen LogP contribution < -0.4 is 0 Å². The molecule has 0 fully saturated rings. The molecule has 1 nitrogen and oxygen atoms in total. The van der Waals surface area contributed by atoms with Gasteiger partial charge < -0.3 is 0 Å². The van der Waals surface area contributed by atoms with Crippen molar-refractivity contribution in [2.24, 2.45) is 0 Å². The van der Waals surface area contributed by atoms with E-state index in [0.717, 1.165) is 0 Å². The highest BCUT2D eigenvalue weighted by Gasteiger charge is 2.32. The minimum atomic E-state index is -4.79. The first kappa shape index (κ1) is 7.74. The van der Waals surface area contributed by atoms with Crippen LogP contribution in [-0.2, 0) is 0 Å². The van der Waals surface area contributed by atoms with Crippen LogP contribution in [-0.4, -0.2) is 10.9 Å². The Labute approximate surface area is 46.1 Å². The van der Waals surface area contributed by atoms with Crippen LogP contribution >= 0.6 is 11.8 Å². The molecule has 0 aliphatic rings. The molecule has 0 saturated carbocycles. The van der Waals surface area contributed by atoms with Crippen molar-refractivity contribution in [3.05, 3.63) is 0 Å². The zero-order chi connectivity index (χ0) is 6.78. The monoisotopic (exact) mass is 148 g/mol. The molecule has 0 atom stereocenters. The molecule has 0 aromatic rings. The van der Waals surface area contributed by atoms with E-state index in [9.17, 15) is 17.6 Å². The molecule has 0 saturated heterocycles. The van der Waals surface area contributed by atoms with E-state index in [1.165, 1.54) is 0 Å². The van der Waals surface area contributed by atoms with Crippen molar-refractivity contribution in [2.75, 3.05) is 0 Å². The first-order valence-electron chi connectivity index (χ1n) is 1.37. The van der Waals surface area contributed by atoms with Crippen molar-refractivity contribution < 1.29 is 22.4 Å². The highest BCUT2D eigenvalue weighted by molar-refractivity contribution is 8.13. The second-order valence-corrected chi connectivity index (χ2v) is 1.77. The van der Waals surface area contributed by atoms with E-state index in [0.29, 0.717) is 0 Å². The molecule has 6 heteroatoms. The van der Waals surface area contributed by atoms with Crippen molar-refractivity contribution in [1.82, 2.24) is 0 Å². The van der Waals surface area contributed by atoms with E-state index in [1.807, 2.05) is 0 Å². The summed E-state index contributed by atoms with van der Waals surface area (Å²) < 4.78 is 43.2. The standard InChI is InChI=1S/C2F4OS/c3-1(7)8-2(4,5)6. The fourth-order valence-corrected chi connectivity index (χ4v) is 0.273. The lowest BCUT2D eigenvalue weighted by Crippen LogP contribution is -2.01. The summed E-state index contributed by atoms with van der Waals surface area (Å²) in [5.74, 6) is 0. The first-order valence-corrected chi connectivity index (χ1v) is 2.18. The molecule has 0 radical (unpaired) electrons. The molecule has 0 bridgehead atoms. The van der Waals surface area contributed by atoms with Gasteiger partial charge in [0.15, 0.2) is 0 Å². The lowest BCUT2D eigenvalue weighted by Gasteiger charge is -1.96. The van der Waals surface area contributed by atoms with Gasteiger partial charge in [0.2, 0.25) is 0 Å². The molecule has 0 aromatic heterocycles. The number of hydrogen-bond donors (Lipinski definition) is 0. The summed E-state index contributed by atoms with van der Waals surface area (Å²) in [6, 6.07) is 0. The minimum Gasteiger partial charge on any atom is -0.248 e. The maximum atomic E-state index is 10.8. The molecule has 0 N–H and O–H groups in total. The normalized spacial score (nSPS) is 11.5. The van der Waals surface area contributed by atoms with Gasteiger partial charge in [-0.2, -0.15) is 17.6 Å². The number of thioether (sulfide) groups is 1. The first-order chi connectivity index (χ1) is 3.42. The Bertz CT molecular complexity index is 96.7. The zero-order valence-electron chi connectivity index (χ0n) is 3.33. The van der Waals surface area contributed by atoms with Crippen LogP contribution in [0.1, 0.15) is 0 Å². The SMILES string of the molecule is O=C(F)SC(F)(F)F. The lowest BCUT2D eigenvalue weighted by molar-refractivity contribution is -0.0321. The van der Waals surface area contributed by atoms with Gasteiger partial charge in [0, 0.05) is 0 Å². The molecule has 0 amide bonds. The Morgan fingerprint density at radius 1 is 1.38 bits per heavy atom. The second kappa shape index (κ2) is 2.34. The summed E-state index contributed by atoms with van der Waals surface area (Å²) in [6.45, 7) is 0. The third-order valence-electron chi connectivity index (χ3n) is 0.196. The quantitative estimate of drug-likeness (QED) is 0.387. The average Bonchev–Trinajstić information content (AvgIpc) is 1.21. The molecule has 0 aliphatic carbocycles. The molecular weight excluding hydrogens is 148 g/mol. The smallest absolute Gasteiger partial charge is 0.248 e. The highest BCUT2D eigenvalue weighted by Crippen LogP contribution is 2.31. The number of halogens is 4. The van der Waals surface area contributed by atoms with Crippen molar-refractivity contribution >= 4 is 17.1 Å². The van der Waals surface area contributed by atoms with Gasteiger partial charge in [-0.1, -0.05) is 0 Å². The maximum Gasteiger partial charge on any atom is 0.451 e. The molecule has 8 heavy (non-hydrogen) atoms. The Kier molecular flexibility index (Phi) is 2.26. The second-order valence-electron chi connectivity index (χ2n) is 0.785. The summed E-state index contributed by atoms with van der Waals surface area (Å²) in [6.07, 6.45) is 0. The summed E-state index contributed by atoms with van der Waals surface area (Å²) in [4.78, 5) is 9.04. The van der Waals surface area contributed by atoms with Crippen LogP contribution in [0.4, 0.5) is 22.4 Å². The van der Waals surface area contributed by atoms with Gasteiger partial charge in [-0.25, -0.2) is 4.79 Å². The fourth-order valence-electron chi connectivity index (χ4n) is 0.0910. The number of hydrogen-bond acceptors (Lipinski definition) is 2. The van der Waals surface area contributed by atoms with Gasteiger partial charge in [0.05, 0.1) is 11.8 Å². The number of rotatable bonds is 0. The van der Waals surface area contributed by atoms with Crippen LogP contribution in [0.15, 0.2) is 0 Å². The highest BCUT2D eigenvalue weighted by atomic mass is 32.2. The minimum absolute atomic E-state index is 1.29. The van der Waals surface area contributed by atoms with Crippen LogP contribution in [0.3, 0.4) is 0 Å². The van der Waals surface area contributed by atoms with Gasteiger partial charge in [-0.15, -0.1) is 0 Å². The van der Waals surface area contributed by atoms with Crippen LogP contribution in [0.5, 0.6) is 0 Å². The molecule has 0 aromatic carbocycles. The predicted molar refractivity (Wildman–Crippen MR) is 20.2 cm³/mol. The number of carbonyl (C=O) groups is 1. The third kappa shape index (κ3) is 5.74. The summed E-state index contributed by atoms with van der Waals surface area (Å²) >= 11 is -1.29. The topological polar surface area (TPSA) is 17.1 Å². The maximum absolute atomic E-state index is 10.8. The predicted octanol–water partition coefficient (Wildman–Crippen LogP) is 2.33. The van der Waals surface area contributed by atoms with E-state index >= 15 is 0 Å². The zero-order valence-corrected chi connectivity index (χ0v) is 4.14. The molecule has 0 aliphatic heterocycles. The molecule has 0 heterocycles. The summed E-state index contributed by atoms with van der Waals surface area (Å²) in [7, 11) is 0. The van der Waals surface area contributed by atoms with Gasteiger partial charge in [-0.3, -0.25) is 0 Å². The van der Waals surface area contributed by atoms with Crippen molar-refractivity contribution in [3.8, 4) is 0 Å². The fraction of sp³-hybridized carbons (Fsp3) is 0.500. The van der Waals surface area contributed by atoms with E-state index in [2.05, 4.69) is 0 Å². The average molecular weight is 148 g/mol. The Morgan fingerprint density at radius 3 is 1.75 bits per heavy atom. The molecule has 48 valence electrons.